The van der Waals surface area contributed by atoms with Gasteiger partial charge in [0.25, 0.3) is 0 Å². The van der Waals surface area contributed by atoms with Gasteiger partial charge in [-0.3, -0.25) is 9.48 Å². The van der Waals surface area contributed by atoms with Gasteiger partial charge >= 0.3 is 0 Å². The summed E-state index contributed by atoms with van der Waals surface area (Å²) in [6.07, 6.45) is 2.17. The van der Waals surface area contributed by atoms with Gasteiger partial charge in [-0.25, -0.2) is 0 Å². The van der Waals surface area contributed by atoms with Gasteiger partial charge in [-0.1, -0.05) is 19.0 Å². The molecule has 94 valence electrons. The number of carbonyl (C=O) groups excluding carboxylic acids is 1. The molecule has 0 fully saturated rings. The Balaban J connectivity index is 2.98. The molecule has 1 unspecified atom stereocenters. The lowest BCUT2D eigenvalue weighted by Gasteiger charge is -2.11. The molecule has 1 heterocycles. The Morgan fingerprint density at radius 1 is 1.76 bits per heavy atom. The van der Waals surface area contributed by atoms with Gasteiger partial charge in [0.05, 0.1) is 11.8 Å². The molecule has 17 heavy (non-hydrogen) atoms. The minimum atomic E-state index is -0.122. The topological polar surface area (TPSA) is 106 Å². The van der Waals surface area contributed by atoms with Crippen LogP contribution in [0.15, 0.2) is 11.4 Å². The molecule has 0 aliphatic carbocycles. The standard InChI is InChI=1S/C10H17N5O2/c1-4-6(2)10(16)13-9-7(8(11)14-17)5-12-15(9)3/h5-6,17H,4H2,1-3H3,(H2,11,14)(H,13,16). The van der Waals surface area contributed by atoms with Crippen LogP contribution in [0.2, 0.25) is 0 Å². The SMILES string of the molecule is CCC(C)C(=O)Nc1c(C(N)=NO)cnn1C. The van der Waals surface area contributed by atoms with E-state index in [1.165, 1.54) is 10.9 Å². The Morgan fingerprint density at radius 2 is 2.41 bits per heavy atom. The molecule has 1 aromatic heterocycles. The van der Waals surface area contributed by atoms with Crippen molar-refractivity contribution in [3.05, 3.63) is 11.8 Å². The second-order valence-electron chi connectivity index (χ2n) is 3.81. The average molecular weight is 239 g/mol. The van der Waals surface area contributed by atoms with Crippen LogP contribution in [0.4, 0.5) is 5.82 Å². The number of nitrogens with zero attached hydrogens (tertiary/aromatic N) is 3. The molecule has 7 heteroatoms. The van der Waals surface area contributed by atoms with Crippen molar-refractivity contribution in [2.75, 3.05) is 5.32 Å². The van der Waals surface area contributed by atoms with E-state index in [1.54, 1.807) is 7.05 Å². The van der Waals surface area contributed by atoms with E-state index in [1.807, 2.05) is 13.8 Å². The number of oxime groups is 1. The highest BCUT2D eigenvalue weighted by Gasteiger charge is 2.17. The zero-order valence-corrected chi connectivity index (χ0v) is 10.1. The van der Waals surface area contributed by atoms with Crippen LogP contribution in [0.1, 0.15) is 25.8 Å². The maximum Gasteiger partial charge on any atom is 0.228 e. The first-order valence-corrected chi connectivity index (χ1v) is 5.32. The maximum atomic E-state index is 11.8. The number of anilines is 1. The van der Waals surface area contributed by atoms with E-state index in [4.69, 9.17) is 10.9 Å². The molecule has 0 saturated carbocycles. The molecule has 1 amide bonds. The van der Waals surface area contributed by atoms with Gasteiger partial charge < -0.3 is 16.3 Å². The predicted octanol–water partition coefficient (Wildman–Crippen LogP) is 0.499. The van der Waals surface area contributed by atoms with Gasteiger partial charge in [-0.15, -0.1) is 0 Å². The number of hydrogen-bond donors (Lipinski definition) is 3. The van der Waals surface area contributed by atoms with E-state index in [0.717, 1.165) is 6.42 Å². The average Bonchev–Trinajstić information content (AvgIpc) is 2.69. The fraction of sp³-hybridized carbons (Fsp3) is 0.500. The summed E-state index contributed by atoms with van der Waals surface area (Å²) in [5, 5.41) is 18.2. The molecule has 0 saturated heterocycles. The van der Waals surface area contributed by atoms with Crippen LogP contribution in [0.3, 0.4) is 0 Å². The van der Waals surface area contributed by atoms with E-state index < -0.39 is 0 Å². The van der Waals surface area contributed by atoms with Gasteiger partial charge in [0, 0.05) is 13.0 Å². The lowest BCUT2D eigenvalue weighted by Crippen LogP contribution is -2.24. The van der Waals surface area contributed by atoms with Gasteiger partial charge in [0.15, 0.2) is 5.84 Å². The molecule has 0 spiro atoms. The molecule has 1 atom stereocenters. The highest BCUT2D eigenvalue weighted by atomic mass is 16.4. The number of aromatic nitrogens is 2. The molecule has 0 aromatic carbocycles. The summed E-state index contributed by atoms with van der Waals surface area (Å²) in [6.45, 7) is 3.76. The van der Waals surface area contributed by atoms with E-state index in [9.17, 15) is 4.79 Å². The number of amides is 1. The largest absolute Gasteiger partial charge is 0.409 e. The first-order valence-electron chi connectivity index (χ1n) is 5.32. The Morgan fingerprint density at radius 3 is 2.94 bits per heavy atom. The summed E-state index contributed by atoms with van der Waals surface area (Å²) in [7, 11) is 1.67. The van der Waals surface area contributed by atoms with Crippen molar-refractivity contribution in [1.29, 1.82) is 0 Å². The predicted molar refractivity (Wildman–Crippen MR) is 63.8 cm³/mol. The second-order valence-corrected chi connectivity index (χ2v) is 3.81. The molecule has 0 radical (unpaired) electrons. The number of carbonyl (C=O) groups is 1. The number of hydrogen-bond acceptors (Lipinski definition) is 4. The Hall–Kier alpha value is -2.05. The van der Waals surface area contributed by atoms with Crippen molar-refractivity contribution in [3.63, 3.8) is 0 Å². The highest BCUT2D eigenvalue weighted by molar-refractivity contribution is 6.04. The van der Waals surface area contributed by atoms with Crippen molar-refractivity contribution in [1.82, 2.24) is 9.78 Å². The van der Waals surface area contributed by atoms with Crippen molar-refractivity contribution >= 4 is 17.6 Å². The van der Waals surface area contributed by atoms with E-state index in [0.29, 0.717) is 11.4 Å². The zero-order chi connectivity index (χ0) is 13.0. The van der Waals surface area contributed by atoms with Gasteiger partial charge in [-0.05, 0) is 6.42 Å². The minimum Gasteiger partial charge on any atom is -0.409 e. The van der Waals surface area contributed by atoms with Gasteiger partial charge in [-0.2, -0.15) is 5.10 Å². The number of nitrogens with one attached hydrogen (secondary N) is 1. The van der Waals surface area contributed by atoms with Crippen LogP contribution >= 0.6 is 0 Å². The van der Waals surface area contributed by atoms with Crippen LogP contribution in [0.25, 0.3) is 0 Å². The fourth-order valence-corrected chi connectivity index (χ4v) is 1.25. The second kappa shape index (κ2) is 5.33. The molecule has 1 rings (SSSR count). The molecule has 1 aromatic rings. The number of rotatable bonds is 4. The first kappa shape index (κ1) is 13.0. The normalized spacial score (nSPS) is 13.5. The summed E-state index contributed by atoms with van der Waals surface area (Å²) in [5.41, 5.74) is 5.88. The van der Waals surface area contributed by atoms with Crippen LogP contribution in [-0.2, 0) is 11.8 Å². The molecule has 7 nitrogen and oxygen atoms in total. The Kier molecular flexibility index (Phi) is 4.08. The van der Waals surface area contributed by atoms with E-state index in [2.05, 4.69) is 15.6 Å². The molecular weight excluding hydrogens is 222 g/mol. The summed E-state index contributed by atoms with van der Waals surface area (Å²) in [6, 6.07) is 0. The van der Waals surface area contributed by atoms with E-state index >= 15 is 0 Å². The van der Waals surface area contributed by atoms with Crippen molar-refractivity contribution in [2.45, 2.75) is 20.3 Å². The third kappa shape index (κ3) is 2.74. The van der Waals surface area contributed by atoms with Crippen molar-refractivity contribution in [3.8, 4) is 0 Å². The summed E-state index contributed by atoms with van der Waals surface area (Å²) in [4.78, 5) is 11.8. The molecule has 4 N–H and O–H groups in total. The summed E-state index contributed by atoms with van der Waals surface area (Å²) < 4.78 is 1.47. The molecule has 0 aliphatic heterocycles. The molecule has 0 aliphatic rings. The van der Waals surface area contributed by atoms with Crippen LogP contribution < -0.4 is 11.1 Å². The summed E-state index contributed by atoms with van der Waals surface area (Å²) >= 11 is 0. The number of amidine groups is 1. The zero-order valence-electron chi connectivity index (χ0n) is 10.1. The van der Waals surface area contributed by atoms with Gasteiger partial charge in [0.2, 0.25) is 5.91 Å². The lowest BCUT2D eigenvalue weighted by atomic mass is 10.1. The smallest absolute Gasteiger partial charge is 0.228 e. The fourth-order valence-electron chi connectivity index (χ4n) is 1.25. The first-order chi connectivity index (χ1) is 8.01. The third-order valence-corrected chi connectivity index (χ3v) is 2.62. The quantitative estimate of drug-likeness (QED) is 0.308. The third-order valence-electron chi connectivity index (χ3n) is 2.62. The maximum absolute atomic E-state index is 11.8. The van der Waals surface area contributed by atoms with Crippen LogP contribution in [0.5, 0.6) is 0 Å². The lowest BCUT2D eigenvalue weighted by molar-refractivity contribution is -0.119. The Labute approximate surface area is 99.3 Å². The van der Waals surface area contributed by atoms with Crippen LogP contribution in [-0.4, -0.2) is 26.7 Å². The van der Waals surface area contributed by atoms with Gasteiger partial charge in [0.1, 0.15) is 5.82 Å². The number of aryl methyl sites for hydroxylation is 1. The van der Waals surface area contributed by atoms with Crippen LogP contribution in [0, 0.1) is 5.92 Å². The minimum absolute atomic E-state index is 0.0856. The molecular formula is C10H17N5O2. The monoisotopic (exact) mass is 239 g/mol. The number of nitrogens with two attached hydrogens (primary N) is 1. The Bertz CT molecular complexity index is 438. The van der Waals surface area contributed by atoms with E-state index in [-0.39, 0.29) is 17.7 Å². The van der Waals surface area contributed by atoms with Crippen molar-refractivity contribution in [2.24, 2.45) is 23.9 Å². The highest BCUT2D eigenvalue weighted by Crippen LogP contribution is 2.15. The molecule has 0 bridgehead atoms. The van der Waals surface area contributed by atoms with Crippen molar-refractivity contribution < 1.29 is 10.0 Å². The summed E-state index contributed by atoms with van der Waals surface area (Å²) in [5.74, 6) is 0.108.